The normalized spacial score (nSPS) is 18.2. The van der Waals surface area contributed by atoms with Crippen LogP contribution in [-0.4, -0.2) is 32.3 Å². The SMILES string of the molecule is COc1cc(C(=O)NC2CC=C(c3ccc(F)cc3)CC2)cc2c1OCCO2. The quantitative estimate of drug-likeness (QED) is 0.868. The number of carbonyl (C=O) groups is 1. The van der Waals surface area contributed by atoms with Crippen LogP contribution in [0.5, 0.6) is 17.2 Å². The molecular formula is C22H22FNO4. The third-order valence-corrected chi connectivity index (χ3v) is 5.05. The van der Waals surface area contributed by atoms with Crippen molar-refractivity contribution in [1.82, 2.24) is 5.32 Å². The largest absolute Gasteiger partial charge is 0.493 e. The van der Waals surface area contributed by atoms with E-state index in [9.17, 15) is 9.18 Å². The number of methoxy groups -OCH3 is 1. The van der Waals surface area contributed by atoms with Gasteiger partial charge in [-0.05, 0) is 54.7 Å². The van der Waals surface area contributed by atoms with Gasteiger partial charge in [0, 0.05) is 11.6 Å². The number of allylic oxidation sites excluding steroid dienone is 1. The molecule has 1 aliphatic carbocycles. The molecule has 4 rings (SSSR count). The minimum atomic E-state index is -0.236. The Labute approximate surface area is 163 Å². The lowest BCUT2D eigenvalue weighted by atomic mass is 9.90. The molecule has 0 fully saturated rings. The smallest absolute Gasteiger partial charge is 0.251 e. The van der Waals surface area contributed by atoms with Gasteiger partial charge < -0.3 is 19.5 Å². The Bertz CT molecular complexity index is 890. The van der Waals surface area contributed by atoms with Gasteiger partial charge in [0.15, 0.2) is 11.5 Å². The zero-order valence-corrected chi connectivity index (χ0v) is 15.7. The van der Waals surface area contributed by atoms with Gasteiger partial charge in [-0.15, -0.1) is 0 Å². The zero-order chi connectivity index (χ0) is 19.5. The van der Waals surface area contributed by atoms with Crippen molar-refractivity contribution in [3.05, 3.63) is 59.4 Å². The molecule has 0 bridgehead atoms. The van der Waals surface area contributed by atoms with Crippen molar-refractivity contribution >= 4 is 11.5 Å². The lowest BCUT2D eigenvalue weighted by Gasteiger charge is -2.24. The Balaban J connectivity index is 1.44. The average Bonchev–Trinajstić information content (AvgIpc) is 2.74. The van der Waals surface area contributed by atoms with Crippen molar-refractivity contribution in [3.63, 3.8) is 0 Å². The van der Waals surface area contributed by atoms with Crippen LogP contribution in [0, 0.1) is 5.82 Å². The molecular weight excluding hydrogens is 361 g/mol. The molecule has 28 heavy (non-hydrogen) atoms. The standard InChI is InChI=1S/C22H22FNO4/c1-26-19-12-16(13-20-21(19)28-11-10-27-20)22(25)24-18-8-4-15(5-9-18)14-2-6-17(23)7-3-14/h2-4,6-7,12-13,18H,5,8-11H2,1H3,(H,24,25). The van der Waals surface area contributed by atoms with E-state index in [0.717, 1.165) is 24.8 Å². The van der Waals surface area contributed by atoms with Crippen LogP contribution in [-0.2, 0) is 0 Å². The van der Waals surface area contributed by atoms with Gasteiger partial charge in [0.05, 0.1) is 7.11 Å². The van der Waals surface area contributed by atoms with Gasteiger partial charge >= 0.3 is 0 Å². The van der Waals surface area contributed by atoms with Crippen molar-refractivity contribution in [1.29, 1.82) is 0 Å². The van der Waals surface area contributed by atoms with Gasteiger partial charge in [0.25, 0.3) is 5.91 Å². The highest BCUT2D eigenvalue weighted by Gasteiger charge is 2.23. The molecule has 2 aromatic carbocycles. The summed E-state index contributed by atoms with van der Waals surface area (Å²) in [7, 11) is 1.54. The predicted molar refractivity (Wildman–Crippen MR) is 103 cm³/mol. The zero-order valence-electron chi connectivity index (χ0n) is 15.7. The number of benzene rings is 2. The minimum Gasteiger partial charge on any atom is -0.493 e. The predicted octanol–water partition coefficient (Wildman–Crippen LogP) is 3.97. The summed E-state index contributed by atoms with van der Waals surface area (Å²) in [5, 5.41) is 3.08. The molecule has 0 aromatic heterocycles. The van der Waals surface area contributed by atoms with Crippen LogP contribution in [0.15, 0.2) is 42.5 Å². The fourth-order valence-corrected chi connectivity index (χ4v) is 3.56. The minimum absolute atomic E-state index is 0.0518. The molecule has 1 unspecified atom stereocenters. The second-order valence-corrected chi connectivity index (χ2v) is 6.88. The Morgan fingerprint density at radius 1 is 1.18 bits per heavy atom. The maximum Gasteiger partial charge on any atom is 0.251 e. The highest BCUT2D eigenvalue weighted by molar-refractivity contribution is 5.96. The van der Waals surface area contributed by atoms with Crippen molar-refractivity contribution in [2.75, 3.05) is 20.3 Å². The summed E-state index contributed by atoms with van der Waals surface area (Å²) in [5.41, 5.74) is 2.70. The number of amides is 1. The van der Waals surface area contributed by atoms with Crippen LogP contribution in [0.1, 0.15) is 35.2 Å². The molecule has 0 saturated heterocycles. The van der Waals surface area contributed by atoms with Gasteiger partial charge in [-0.1, -0.05) is 18.2 Å². The van der Waals surface area contributed by atoms with Gasteiger partial charge in [0.1, 0.15) is 19.0 Å². The topological polar surface area (TPSA) is 56.8 Å². The summed E-state index contributed by atoms with van der Waals surface area (Å²) in [4.78, 5) is 12.7. The second-order valence-electron chi connectivity index (χ2n) is 6.88. The Kier molecular flexibility index (Phi) is 5.19. The first-order valence-corrected chi connectivity index (χ1v) is 9.37. The lowest BCUT2D eigenvalue weighted by molar-refractivity contribution is 0.0933. The Morgan fingerprint density at radius 3 is 2.68 bits per heavy atom. The highest BCUT2D eigenvalue weighted by Crippen LogP contribution is 2.40. The molecule has 0 radical (unpaired) electrons. The van der Waals surface area contributed by atoms with Crippen molar-refractivity contribution in [2.24, 2.45) is 0 Å². The summed E-state index contributed by atoms with van der Waals surface area (Å²) in [6.45, 7) is 0.903. The van der Waals surface area contributed by atoms with E-state index in [-0.39, 0.29) is 17.8 Å². The molecule has 6 heteroatoms. The first-order valence-electron chi connectivity index (χ1n) is 9.37. The van der Waals surface area contributed by atoms with E-state index in [1.165, 1.54) is 24.8 Å². The Morgan fingerprint density at radius 2 is 1.96 bits per heavy atom. The van der Waals surface area contributed by atoms with E-state index in [1.807, 2.05) is 0 Å². The molecule has 1 heterocycles. The van der Waals surface area contributed by atoms with Crippen molar-refractivity contribution < 1.29 is 23.4 Å². The Hall–Kier alpha value is -3.02. The fourth-order valence-electron chi connectivity index (χ4n) is 3.56. The molecule has 0 saturated carbocycles. The second kappa shape index (κ2) is 7.92. The van der Waals surface area contributed by atoms with Crippen LogP contribution in [0.2, 0.25) is 0 Å². The first-order chi connectivity index (χ1) is 13.6. The number of nitrogens with one attached hydrogen (secondary N) is 1. The van der Waals surface area contributed by atoms with Crippen LogP contribution >= 0.6 is 0 Å². The number of fused-ring (bicyclic) bond motifs is 1. The maximum absolute atomic E-state index is 13.1. The molecule has 1 aliphatic heterocycles. The van der Waals surface area contributed by atoms with E-state index in [2.05, 4.69) is 11.4 Å². The molecule has 1 N–H and O–H groups in total. The van der Waals surface area contributed by atoms with E-state index in [4.69, 9.17) is 14.2 Å². The maximum atomic E-state index is 13.1. The highest BCUT2D eigenvalue weighted by atomic mass is 19.1. The molecule has 5 nitrogen and oxygen atoms in total. The molecule has 1 amide bonds. The number of hydrogen-bond acceptors (Lipinski definition) is 4. The summed E-state index contributed by atoms with van der Waals surface area (Å²) >= 11 is 0. The first kappa shape index (κ1) is 18.3. The van der Waals surface area contributed by atoms with Gasteiger partial charge in [-0.3, -0.25) is 4.79 Å². The molecule has 146 valence electrons. The third-order valence-electron chi connectivity index (χ3n) is 5.05. The summed E-state index contributed by atoms with van der Waals surface area (Å²) < 4.78 is 29.6. The van der Waals surface area contributed by atoms with E-state index >= 15 is 0 Å². The number of hydrogen-bond donors (Lipinski definition) is 1. The van der Waals surface area contributed by atoms with Crippen LogP contribution in [0.25, 0.3) is 5.57 Å². The lowest BCUT2D eigenvalue weighted by Crippen LogP contribution is -2.35. The van der Waals surface area contributed by atoms with Gasteiger partial charge in [0.2, 0.25) is 5.75 Å². The van der Waals surface area contributed by atoms with E-state index < -0.39 is 0 Å². The number of rotatable bonds is 4. The molecule has 0 spiro atoms. The summed E-state index contributed by atoms with van der Waals surface area (Å²) in [5.74, 6) is 1.15. The van der Waals surface area contributed by atoms with E-state index in [1.54, 1.807) is 24.3 Å². The molecule has 2 aliphatic rings. The van der Waals surface area contributed by atoms with Crippen LogP contribution in [0.4, 0.5) is 4.39 Å². The molecule has 1 atom stereocenters. The molecule has 2 aromatic rings. The number of ether oxygens (including phenoxy) is 3. The van der Waals surface area contributed by atoms with E-state index in [0.29, 0.717) is 36.0 Å². The van der Waals surface area contributed by atoms with Crippen LogP contribution < -0.4 is 19.5 Å². The number of halogens is 1. The van der Waals surface area contributed by atoms with Crippen LogP contribution in [0.3, 0.4) is 0 Å². The third kappa shape index (κ3) is 3.81. The fraction of sp³-hybridized carbons (Fsp3) is 0.318. The number of carbonyl (C=O) groups excluding carboxylic acids is 1. The average molecular weight is 383 g/mol. The van der Waals surface area contributed by atoms with Gasteiger partial charge in [-0.2, -0.15) is 0 Å². The summed E-state index contributed by atoms with van der Waals surface area (Å²) in [6.07, 6.45) is 4.52. The van der Waals surface area contributed by atoms with Crippen molar-refractivity contribution in [2.45, 2.75) is 25.3 Å². The monoisotopic (exact) mass is 383 g/mol. The van der Waals surface area contributed by atoms with Crippen molar-refractivity contribution in [3.8, 4) is 17.2 Å². The van der Waals surface area contributed by atoms with Gasteiger partial charge in [-0.25, -0.2) is 4.39 Å². The summed E-state index contributed by atoms with van der Waals surface area (Å²) in [6, 6.07) is 9.94.